The minimum Gasteiger partial charge on any atom is -0.464 e. The van der Waals surface area contributed by atoms with Crippen LogP contribution in [0.25, 0.3) is 20.7 Å². The Hall–Kier alpha value is -2.47. The van der Waals surface area contributed by atoms with Crippen molar-refractivity contribution in [3.63, 3.8) is 0 Å². The van der Waals surface area contributed by atoms with Crippen LogP contribution in [-0.2, 0) is 9.53 Å². The van der Waals surface area contributed by atoms with E-state index in [0.717, 1.165) is 10.4 Å². The highest BCUT2D eigenvalue weighted by Crippen LogP contribution is 2.30. The summed E-state index contributed by atoms with van der Waals surface area (Å²) in [5.74, 6) is -0.401. The summed E-state index contributed by atoms with van der Waals surface area (Å²) in [5, 5.41) is 0.532. The predicted molar refractivity (Wildman–Crippen MR) is 95.3 cm³/mol. The normalized spacial score (nSPS) is 12.2. The van der Waals surface area contributed by atoms with Crippen LogP contribution in [0, 0.1) is 0 Å². The second-order valence-corrected chi connectivity index (χ2v) is 6.36. The van der Waals surface area contributed by atoms with Gasteiger partial charge in [-0.3, -0.25) is 9.36 Å². The first-order valence-electron chi connectivity index (χ1n) is 7.88. The summed E-state index contributed by atoms with van der Waals surface area (Å²) in [6, 6.07) is 11.1. The summed E-state index contributed by atoms with van der Waals surface area (Å²) in [5.41, 5.74) is 0.835. The number of carbonyl (C=O) groups is 1. The Bertz CT molecular complexity index is 915. The van der Waals surface area contributed by atoms with E-state index in [2.05, 4.69) is 4.98 Å². The Morgan fingerprint density at radius 3 is 2.71 bits per heavy atom. The number of carbonyl (C=O) groups excluding carboxylic acids is 1. The van der Waals surface area contributed by atoms with Gasteiger partial charge in [0.15, 0.2) is 0 Å². The lowest BCUT2D eigenvalue weighted by atomic mass is 10.2. The van der Waals surface area contributed by atoms with E-state index in [4.69, 9.17) is 4.74 Å². The third-order valence-electron chi connectivity index (χ3n) is 3.82. The predicted octanol–water partition coefficient (Wildman–Crippen LogP) is 3.64. The smallest absolute Gasteiger partial charge is 0.329 e. The fourth-order valence-electron chi connectivity index (χ4n) is 2.62. The monoisotopic (exact) mass is 342 g/mol. The zero-order valence-corrected chi connectivity index (χ0v) is 14.4. The molecule has 6 heteroatoms. The van der Waals surface area contributed by atoms with Gasteiger partial charge >= 0.3 is 5.97 Å². The van der Waals surface area contributed by atoms with Crippen LogP contribution in [0.1, 0.15) is 26.3 Å². The Balaban J connectivity index is 2.08. The molecule has 0 amide bonds. The van der Waals surface area contributed by atoms with E-state index in [0.29, 0.717) is 16.6 Å². The third-order valence-corrected chi connectivity index (χ3v) is 4.91. The Morgan fingerprint density at radius 1 is 1.29 bits per heavy atom. The van der Waals surface area contributed by atoms with Crippen molar-refractivity contribution >= 4 is 27.5 Å². The number of rotatable bonds is 5. The number of esters is 1. The van der Waals surface area contributed by atoms with Gasteiger partial charge in [-0.05, 0) is 25.0 Å². The molecule has 3 aromatic rings. The van der Waals surface area contributed by atoms with Gasteiger partial charge in [-0.25, -0.2) is 9.78 Å². The van der Waals surface area contributed by atoms with Gasteiger partial charge in [0.1, 0.15) is 10.9 Å². The van der Waals surface area contributed by atoms with Crippen molar-refractivity contribution in [1.29, 1.82) is 0 Å². The van der Waals surface area contributed by atoms with Crippen molar-refractivity contribution in [1.82, 2.24) is 9.55 Å². The maximum Gasteiger partial charge on any atom is 0.329 e. The molecule has 0 aliphatic carbocycles. The number of ether oxygens (including phenoxy) is 1. The quantitative estimate of drug-likeness (QED) is 0.664. The van der Waals surface area contributed by atoms with Crippen molar-refractivity contribution in [2.75, 3.05) is 6.61 Å². The van der Waals surface area contributed by atoms with Crippen molar-refractivity contribution < 1.29 is 9.53 Å². The first-order valence-corrected chi connectivity index (χ1v) is 8.70. The van der Waals surface area contributed by atoms with Gasteiger partial charge < -0.3 is 4.74 Å². The molecule has 0 saturated carbocycles. The van der Waals surface area contributed by atoms with E-state index in [1.165, 1.54) is 22.2 Å². The van der Waals surface area contributed by atoms with Gasteiger partial charge in [0.05, 0.1) is 18.3 Å². The second-order valence-electron chi connectivity index (χ2n) is 5.33. The zero-order chi connectivity index (χ0) is 17.1. The zero-order valence-electron chi connectivity index (χ0n) is 13.6. The number of aromatic nitrogens is 2. The van der Waals surface area contributed by atoms with E-state index < -0.39 is 12.0 Å². The van der Waals surface area contributed by atoms with Crippen LogP contribution in [0.4, 0.5) is 0 Å². The summed E-state index contributed by atoms with van der Waals surface area (Å²) in [6.45, 7) is 3.89. The first kappa shape index (κ1) is 16.4. The molecule has 124 valence electrons. The van der Waals surface area contributed by atoms with E-state index >= 15 is 0 Å². The fraction of sp³-hybridized carbons (Fsp3) is 0.278. The molecule has 0 radical (unpaired) electrons. The van der Waals surface area contributed by atoms with Crippen LogP contribution >= 0.6 is 11.3 Å². The number of benzene rings is 1. The molecule has 2 aromatic heterocycles. The average molecular weight is 342 g/mol. The number of hydrogen-bond donors (Lipinski definition) is 0. The minimum absolute atomic E-state index is 0.210. The number of thiophene rings is 1. The van der Waals surface area contributed by atoms with Gasteiger partial charge in [0, 0.05) is 4.88 Å². The van der Waals surface area contributed by atoms with Crippen LogP contribution < -0.4 is 5.56 Å². The van der Waals surface area contributed by atoms with Crippen LogP contribution in [0.15, 0.2) is 47.5 Å². The lowest BCUT2D eigenvalue weighted by Crippen LogP contribution is -2.30. The molecule has 1 atom stereocenters. The minimum atomic E-state index is -0.644. The largest absolute Gasteiger partial charge is 0.464 e. The van der Waals surface area contributed by atoms with Crippen molar-refractivity contribution in [2.45, 2.75) is 26.3 Å². The molecular weight excluding hydrogens is 324 g/mol. The van der Waals surface area contributed by atoms with Crippen molar-refractivity contribution in [3.05, 3.63) is 53.1 Å². The molecule has 0 spiro atoms. The molecule has 1 aromatic carbocycles. The lowest BCUT2D eigenvalue weighted by Gasteiger charge is -2.15. The molecule has 0 saturated heterocycles. The molecule has 1 unspecified atom stereocenters. The SMILES string of the molecule is CCOC(=O)C(CC)n1cnc2sc(-c3ccccc3)cc2c1=O. The van der Waals surface area contributed by atoms with E-state index in [9.17, 15) is 9.59 Å². The molecule has 0 fully saturated rings. The first-order chi connectivity index (χ1) is 11.7. The van der Waals surface area contributed by atoms with Gasteiger partial charge in [-0.1, -0.05) is 37.3 Å². The van der Waals surface area contributed by atoms with Crippen LogP contribution in [-0.4, -0.2) is 22.1 Å². The van der Waals surface area contributed by atoms with Gasteiger partial charge in [-0.2, -0.15) is 0 Å². The van der Waals surface area contributed by atoms with Crippen LogP contribution in [0.3, 0.4) is 0 Å². The summed E-state index contributed by atoms with van der Waals surface area (Å²) in [4.78, 5) is 30.9. The average Bonchev–Trinajstić information content (AvgIpc) is 3.04. The Labute approximate surface area is 143 Å². The molecule has 5 nitrogen and oxygen atoms in total. The van der Waals surface area contributed by atoms with Crippen molar-refractivity contribution in [2.24, 2.45) is 0 Å². The highest BCUT2D eigenvalue weighted by Gasteiger charge is 2.22. The topological polar surface area (TPSA) is 61.2 Å². The fourth-order valence-corrected chi connectivity index (χ4v) is 3.61. The third kappa shape index (κ3) is 2.97. The summed E-state index contributed by atoms with van der Waals surface area (Å²) < 4.78 is 6.44. The highest BCUT2D eigenvalue weighted by molar-refractivity contribution is 7.21. The van der Waals surface area contributed by atoms with E-state index in [-0.39, 0.29) is 12.2 Å². The molecule has 0 N–H and O–H groups in total. The molecule has 0 aliphatic rings. The van der Waals surface area contributed by atoms with Crippen LogP contribution in [0.5, 0.6) is 0 Å². The molecule has 24 heavy (non-hydrogen) atoms. The maximum atomic E-state index is 12.8. The van der Waals surface area contributed by atoms with Gasteiger partial charge in [0.2, 0.25) is 0 Å². The molecule has 3 rings (SSSR count). The molecular formula is C18H18N2O3S. The van der Waals surface area contributed by atoms with Gasteiger partial charge in [0.25, 0.3) is 5.56 Å². The van der Waals surface area contributed by atoms with Crippen LogP contribution in [0.2, 0.25) is 0 Å². The summed E-state index contributed by atoms with van der Waals surface area (Å²) in [6.07, 6.45) is 1.92. The molecule has 2 heterocycles. The Kier molecular flexibility index (Phi) is 4.76. The number of fused-ring (bicyclic) bond motifs is 1. The van der Waals surface area contributed by atoms with Gasteiger partial charge in [-0.15, -0.1) is 11.3 Å². The van der Waals surface area contributed by atoms with E-state index in [1.54, 1.807) is 6.92 Å². The highest BCUT2D eigenvalue weighted by atomic mass is 32.1. The molecule has 0 aliphatic heterocycles. The number of nitrogens with zero attached hydrogens (tertiary/aromatic N) is 2. The maximum absolute atomic E-state index is 12.8. The summed E-state index contributed by atoms with van der Waals surface area (Å²) >= 11 is 1.47. The second kappa shape index (κ2) is 6.97. The number of hydrogen-bond acceptors (Lipinski definition) is 5. The Morgan fingerprint density at radius 2 is 2.04 bits per heavy atom. The van der Waals surface area contributed by atoms with Crippen molar-refractivity contribution in [3.8, 4) is 10.4 Å². The standard InChI is InChI=1S/C18H18N2O3S/c1-3-14(18(22)23-4-2)20-11-19-16-13(17(20)21)10-15(24-16)12-8-6-5-7-9-12/h5-11,14H,3-4H2,1-2H3. The molecule has 0 bridgehead atoms. The summed E-state index contributed by atoms with van der Waals surface area (Å²) in [7, 11) is 0. The lowest BCUT2D eigenvalue weighted by molar-refractivity contribution is -0.147. The van der Waals surface area contributed by atoms with E-state index in [1.807, 2.05) is 43.3 Å².